The second kappa shape index (κ2) is 15.7. The number of benzene rings is 1. The van der Waals surface area contributed by atoms with Gasteiger partial charge in [-0.2, -0.15) is 0 Å². The van der Waals surface area contributed by atoms with Gasteiger partial charge in [-0.25, -0.2) is 4.39 Å². The molecule has 1 unspecified atom stereocenters. The molecule has 1 aromatic rings. The number of morpholine rings is 1. The van der Waals surface area contributed by atoms with Crippen molar-refractivity contribution in [1.29, 1.82) is 0 Å². The molecule has 1 atom stereocenters. The van der Waals surface area contributed by atoms with Gasteiger partial charge >= 0.3 is 0 Å². The number of allylic oxidation sites excluding steroid dienone is 3. The van der Waals surface area contributed by atoms with Crippen molar-refractivity contribution in [1.82, 2.24) is 10.2 Å². The third-order valence-electron chi connectivity index (χ3n) is 5.40. The molecule has 1 heterocycles. The standard InChI is InChI=1S/C26H39FN4OS/c1-4-13-28-14-6-15-31(21-29-22(3)7-10-24(27)5-2)26(20-33)23-8-11-25(12-9-23)30-16-18-32-19-17-30/h5,7-12,20-22,28,33H,4,6,13-19H2,1-3H3/b10-7-,24-5+,26-20-,29-21?. The molecule has 1 aliphatic heterocycles. The van der Waals surface area contributed by atoms with Gasteiger partial charge in [0.1, 0.15) is 5.83 Å². The number of rotatable bonds is 13. The molecule has 1 aliphatic rings. The lowest BCUT2D eigenvalue weighted by atomic mass is 10.1. The highest BCUT2D eigenvalue weighted by Gasteiger charge is 2.13. The minimum absolute atomic E-state index is 0.138. The van der Waals surface area contributed by atoms with Crippen molar-refractivity contribution in [2.24, 2.45) is 4.99 Å². The van der Waals surface area contributed by atoms with Gasteiger partial charge in [0.2, 0.25) is 0 Å². The lowest BCUT2D eigenvalue weighted by Gasteiger charge is -2.29. The van der Waals surface area contributed by atoms with Crippen LogP contribution >= 0.6 is 12.6 Å². The van der Waals surface area contributed by atoms with E-state index in [0.717, 1.165) is 70.0 Å². The molecule has 0 aromatic heterocycles. The summed E-state index contributed by atoms with van der Waals surface area (Å²) in [7, 11) is 0. The summed E-state index contributed by atoms with van der Waals surface area (Å²) >= 11 is 4.52. The molecular weight excluding hydrogens is 435 g/mol. The monoisotopic (exact) mass is 474 g/mol. The second-order valence-electron chi connectivity index (χ2n) is 8.00. The van der Waals surface area contributed by atoms with Crippen molar-refractivity contribution in [2.75, 3.05) is 50.8 Å². The molecule has 0 amide bonds. The Kier molecular flexibility index (Phi) is 12.9. The van der Waals surface area contributed by atoms with E-state index in [1.165, 1.54) is 17.8 Å². The first-order valence-corrected chi connectivity index (χ1v) is 12.4. The number of hydrogen-bond acceptors (Lipinski definition) is 5. The number of hydrogen-bond donors (Lipinski definition) is 2. The van der Waals surface area contributed by atoms with Gasteiger partial charge in [0, 0.05) is 25.3 Å². The lowest BCUT2D eigenvalue weighted by molar-refractivity contribution is 0.122. The SMILES string of the molecule is C/C=C(F)\C=C/C(C)N=CN(CCCNCCC)/C(=C\S)c1ccc(N2CCOCC2)cc1. The van der Waals surface area contributed by atoms with E-state index in [9.17, 15) is 4.39 Å². The van der Waals surface area contributed by atoms with Crippen LogP contribution in [0.1, 0.15) is 39.2 Å². The zero-order valence-electron chi connectivity index (χ0n) is 20.2. The van der Waals surface area contributed by atoms with Crippen molar-refractivity contribution in [2.45, 2.75) is 39.7 Å². The summed E-state index contributed by atoms with van der Waals surface area (Å²) < 4.78 is 18.9. The van der Waals surface area contributed by atoms with Crippen LogP contribution in [0.2, 0.25) is 0 Å². The molecule has 0 bridgehead atoms. The zero-order valence-corrected chi connectivity index (χ0v) is 21.1. The van der Waals surface area contributed by atoms with E-state index in [4.69, 9.17) is 4.74 Å². The predicted octanol–water partition coefficient (Wildman–Crippen LogP) is 5.29. The zero-order chi connectivity index (χ0) is 23.9. The third-order valence-corrected chi connectivity index (χ3v) is 5.65. The van der Waals surface area contributed by atoms with E-state index in [0.29, 0.717) is 0 Å². The van der Waals surface area contributed by atoms with Crippen LogP contribution in [0, 0.1) is 0 Å². The normalized spacial score (nSPS) is 16.7. The summed E-state index contributed by atoms with van der Waals surface area (Å²) in [6.45, 7) is 11.9. The Morgan fingerprint density at radius 2 is 2.00 bits per heavy atom. The average molecular weight is 475 g/mol. The largest absolute Gasteiger partial charge is 0.378 e. The second-order valence-corrected chi connectivity index (χ2v) is 8.25. The fourth-order valence-corrected chi connectivity index (χ4v) is 3.76. The molecule has 2 rings (SSSR count). The summed E-state index contributed by atoms with van der Waals surface area (Å²) in [5.41, 5.74) is 3.27. The maximum absolute atomic E-state index is 13.4. The van der Waals surface area contributed by atoms with Gasteiger partial charge in [0.25, 0.3) is 0 Å². The fourth-order valence-electron chi connectivity index (χ4n) is 3.46. The molecule has 7 heteroatoms. The van der Waals surface area contributed by atoms with E-state index in [1.54, 1.807) is 13.0 Å². The van der Waals surface area contributed by atoms with Crippen molar-refractivity contribution in [3.63, 3.8) is 0 Å². The molecule has 1 saturated heterocycles. The molecule has 0 aliphatic carbocycles. The summed E-state index contributed by atoms with van der Waals surface area (Å²) in [6.07, 6.45) is 8.59. The molecule has 1 fully saturated rings. The molecule has 5 nitrogen and oxygen atoms in total. The van der Waals surface area contributed by atoms with Crippen LogP contribution in [0.3, 0.4) is 0 Å². The van der Waals surface area contributed by atoms with Gasteiger partial charge in [-0.1, -0.05) is 31.2 Å². The first kappa shape index (κ1) is 27.2. The lowest BCUT2D eigenvalue weighted by Crippen LogP contribution is -2.36. The summed E-state index contributed by atoms with van der Waals surface area (Å²) in [4.78, 5) is 9.10. The Hall–Kier alpha value is -2.09. The summed E-state index contributed by atoms with van der Waals surface area (Å²) in [6, 6.07) is 8.44. The minimum Gasteiger partial charge on any atom is -0.378 e. The number of nitrogens with zero attached hydrogens (tertiary/aromatic N) is 3. The van der Waals surface area contributed by atoms with E-state index in [2.05, 4.69) is 63.9 Å². The molecule has 33 heavy (non-hydrogen) atoms. The smallest absolute Gasteiger partial charge is 0.118 e. The fraction of sp³-hybridized carbons (Fsp3) is 0.500. The van der Waals surface area contributed by atoms with Crippen LogP contribution in [0.25, 0.3) is 5.70 Å². The number of halogens is 1. The van der Waals surface area contributed by atoms with E-state index < -0.39 is 0 Å². The average Bonchev–Trinajstić information content (AvgIpc) is 2.86. The highest BCUT2D eigenvalue weighted by Crippen LogP contribution is 2.24. The molecule has 1 aromatic carbocycles. The maximum atomic E-state index is 13.4. The van der Waals surface area contributed by atoms with E-state index >= 15 is 0 Å². The number of aliphatic imine (C=N–C) groups is 1. The number of nitrogens with one attached hydrogen (secondary N) is 1. The van der Waals surface area contributed by atoms with Gasteiger partial charge in [0.05, 0.1) is 31.3 Å². The Morgan fingerprint density at radius 1 is 1.27 bits per heavy atom. The molecule has 0 spiro atoms. The Morgan fingerprint density at radius 3 is 2.64 bits per heavy atom. The van der Waals surface area contributed by atoms with Crippen molar-refractivity contribution >= 4 is 30.4 Å². The van der Waals surface area contributed by atoms with Crippen LogP contribution in [0.15, 0.2) is 58.7 Å². The van der Waals surface area contributed by atoms with Gasteiger partial charge in [-0.3, -0.25) is 4.99 Å². The van der Waals surface area contributed by atoms with Crippen molar-refractivity contribution in [3.8, 4) is 0 Å². The van der Waals surface area contributed by atoms with Gasteiger partial charge in [-0.05, 0) is 69.0 Å². The van der Waals surface area contributed by atoms with Crippen LogP contribution in [-0.2, 0) is 4.74 Å². The summed E-state index contributed by atoms with van der Waals surface area (Å²) in [5, 5.41) is 5.28. The van der Waals surface area contributed by atoms with Crippen LogP contribution < -0.4 is 10.2 Å². The molecule has 1 N–H and O–H groups in total. The highest BCUT2D eigenvalue weighted by molar-refractivity contribution is 7.83. The number of ether oxygens (including phenoxy) is 1. The number of thiol groups is 1. The topological polar surface area (TPSA) is 40.1 Å². The van der Waals surface area contributed by atoms with E-state index in [1.807, 2.05) is 18.7 Å². The number of anilines is 1. The Balaban J connectivity index is 2.14. The summed E-state index contributed by atoms with van der Waals surface area (Å²) in [5.74, 6) is -0.257. The Labute approximate surface area is 204 Å². The van der Waals surface area contributed by atoms with Gasteiger partial charge in [-0.15, -0.1) is 12.6 Å². The van der Waals surface area contributed by atoms with Crippen LogP contribution in [0.5, 0.6) is 0 Å². The molecule has 0 radical (unpaired) electrons. The van der Waals surface area contributed by atoms with Crippen molar-refractivity contribution in [3.05, 3.63) is 59.3 Å². The minimum atomic E-state index is -0.257. The van der Waals surface area contributed by atoms with Crippen LogP contribution in [0.4, 0.5) is 10.1 Å². The maximum Gasteiger partial charge on any atom is 0.118 e. The Bertz CT molecular complexity index is 801. The first-order valence-electron chi connectivity index (χ1n) is 11.9. The molecule has 0 saturated carbocycles. The molecular formula is C26H39FN4OS. The molecule has 182 valence electrons. The van der Waals surface area contributed by atoms with E-state index in [-0.39, 0.29) is 11.9 Å². The van der Waals surface area contributed by atoms with Gasteiger partial charge < -0.3 is 19.9 Å². The van der Waals surface area contributed by atoms with Crippen LogP contribution in [-0.4, -0.2) is 63.2 Å². The first-order chi connectivity index (χ1) is 16.1. The third kappa shape index (κ3) is 9.74. The predicted molar refractivity (Wildman–Crippen MR) is 143 cm³/mol. The highest BCUT2D eigenvalue weighted by atomic mass is 32.1. The van der Waals surface area contributed by atoms with Crippen molar-refractivity contribution < 1.29 is 9.13 Å². The quantitative estimate of drug-likeness (QED) is 0.134. The van der Waals surface area contributed by atoms with Gasteiger partial charge in [0.15, 0.2) is 0 Å².